The van der Waals surface area contributed by atoms with Gasteiger partial charge in [0.1, 0.15) is 47.8 Å². The summed E-state index contributed by atoms with van der Waals surface area (Å²) in [4.78, 5) is 189. The van der Waals surface area contributed by atoms with Crippen LogP contribution in [0.4, 0.5) is 0 Å². The number of hydrogen-bond acceptors (Lipinski definition) is 12. The predicted octanol–water partition coefficient (Wildman–Crippen LogP) is 6.14. The quantitative estimate of drug-likeness (QED) is 0.120. The lowest BCUT2D eigenvalue weighted by Crippen LogP contribution is -2.64. The maximum absolute atomic E-state index is 15.4. The van der Waals surface area contributed by atoms with Gasteiger partial charge in [0.2, 0.25) is 70.9 Å². The summed E-state index contributed by atoms with van der Waals surface area (Å²) in [6.07, 6.45) is 15.1. The van der Waals surface area contributed by atoms with Gasteiger partial charge < -0.3 is 60.5 Å². The van der Waals surface area contributed by atoms with Crippen LogP contribution in [0.2, 0.25) is 0 Å². The second kappa shape index (κ2) is 38.2. The molecule has 2 saturated heterocycles. The fourth-order valence-corrected chi connectivity index (χ4v) is 15.8. The summed E-state index contributed by atoms with van der Waals surface area (Å²) in [5, 5.41) is 12.0. The minimum absolute atomic E-state index is 0.0448. The highest BCUT2D eigenvalue weighted by Gasteiger charge is 2.45. The largest absolute Gasteiger partial charge is 0.343 e. The van der Waals surface area contributed by atoms with Crippen LogP contribution in [0.25, 0.3) is 0 Å². The molecule has 5 fully saturated rings. The first kappa shape index (κ1) is 82.0. The number of carbonyl (C=O) groups is 12. The minimum Gasteiger partial charge on any atom is -0.343 e. The van der Waals surface area contributed by atoms with Crippen LogP contribution in [-0.2, 0) is 57.5 Å². The molecule has 0 radical (unpaired) electrons. The van der Waals surface area contributed by atoms with Crippen LogP contribution in [0.1, 0.15) is 210 Å². The molecule has 0 aromatic heterocycles. The van der Waals surface area contributed by atoms with E-state index in [-0.39, 0.29) is 55.3 Å². The Hall–Kier alpha value is -5.63. The standard InChI is InChI=1S/C72H123IN12O12/c1-17-48(7)63-70(96)80(12)43-61(88)78(10)44-62(89)82(14)57(40-49-25-20-18-21-26-49)68(94)79(11)42-59(86)74-53(39-51-27-24-28-52(73)37-51)64(90)75-55(38-50-31-29-47(6)30-32-50)67(93)84(16)72(8,9)71(97)76-54(35-45(2)3)66(92)83(15)58(69(95)85-33-22-19-23-34-85)41-60(87)81(13)56(36-46(4)5)65(91)77-63/h45-58,63H,17-44H2,1-16H3,(H,74,86)(H,75,90)(H,76,97)(H,77,91)/t47?,48-,50?,51?,52?,53-,54-,55-,56-,57-,58-,63-/m0/s1. The second-order valence-electron chi connectivity index (χ2n) is 31.0. The number of nitrogens with zero attached hydrogens (tertiary/aromatic N) is 8. The van der Waals surface area contributed by atoms with Crippen molar-refractivity contribution >= 4 is 93.5 Å². The first-order chi connectivity index (χ1) is 45.6. The van der Waals surface area contributed by atoms with E-state index in [0.29, 0.717) is 48.6 Å². The average molecular weight is 1480 g/mol. The maximum atomic E-state index is 15.4. The number of halogens is 1. The summed E-state index contributed by atoms with van der Waals surface area (Å²) >= 11 is 2.43. The molecule has 0 spiro atoms. The zero-order valence-electron chi connectivity index (χ0n) is 61.8. The maximum Gasteiger partial charge on any atom is 0.246 e. The molecule has 0 bridgehead atoms. The lowest BCUT2D eigenvalue weighted by molar-refractivity contribution is -0.152. The van der Waals surface area contributed by atoms with Crippen LogP contribution in [-0.4, -0.2) is 244 Å². The van der Waals surface area contributed by atoms with E-state index in [1.54, 1.807) is 25.7 Å². The number of alkyl halides is 1. The fraction of sp³-hybridized carbons (Fsp3) is 0.833. The monoisotopic (exact) mass is 1470 g/mol. The third kappa shape index (κ3) is 23.8. The molecule has 5 rings (SSSR count). The van der Waals surface area contributed by atoms with E-state index in [9.17, 15) is 38.4 Å². The normalized spacial score (nSPS) is 29.8. The molecular formula is C72H123IN12O12. The molecule has 97 heavy (non-hydrogen) atoms. The first-order valence-corrected chi connectivity index (χ1v) is 37.7. The van der Waals surface area contributed by atoms with E-state index in [4.69, 9.17) is 0 Å². The van der Waals surface area contributed by atoms with E-state index in [0.717, 1.165) is 89.9 Å². The zero-order valence-corrected chi connectivity index (χ0v) is 64.0. The van der Waals surface area contributed by atoms with Gasteiger partial charge in [0, 0.05) is 66.3 Å². The number of likely N-dealkylation sites (tertiary alicyclic amines) is 1. The van der Waals surface area contributed by atoms with E-state index >= 15 is 19.2 Å². The highest BCUT2D eigenvalue weighted by atomic mass is 127. The number of amides is 12. The summed E-state index contributed by atoms with van der Waals surface area (Å²) in [5.41, 5.74) is -1.66. The van der Waals surface area contributed by atoms with Gasteiger partial charge in [-0.3, -0.25) is 57.5 Å². The van der Waals surface area contributed by atoms with Gasteiger partial charge in [-0.1, -0.05) is 148 Å². The summed E-state index contributed by atoms with van der Waals surface area (Å²) in [7, 11) is 10.2. The van der Waals surface area contributed by atoms with Crippen molar-refractivity contribution in [3.05, 3.63) is 0 Å². The molecule has 24 nitrogen and oxygen atoms in total. The molecule has 4 N–H and O–H groups in total. The van der Waals surface area contributed by atoms with Gasteiger partial charge >= 0.3 is 0 Å². The lowest BCUT2D eigenvalue weighted by Gasteiger charge is -2.40. The predicted molar refractivity (Wildman–Crippen MR) is 382 cm³/mol. The number of rotatable bonds is 13. The number of carbonyl (C=O) groups excluding carboxylic acids is 12. The van der Waals surface area contributed by atoms with E-state index in [2.05, 4.69) is 50.8 Å². The van der Waals surface area contributed by atoms with Crippen LogP contribution < -0.4 is 21.3 Å². The molecule has 0 aromatic rings. The molecule has 5 aliphatic rings. The van der Waals surface area contributed by atoms with Crippen LogP contribution in [0, 0.1) is 41.4 Å². The van der Waals surface area contributed by atoms with Gasteiger partial charge in [0.25, 0.3) is 0 Å². The molecule has 25 heteroatoms. The fourth-order valence-electron chi connectivity index (χ4n) is 14.7. The van der Waals surface area contributed by atoms with Crippen molar-refractivity contribution in [1.29, 1.82) is 0 Å². The van der Waals surface area contributed by atoms with Crippen LogP contribution in [0.15, 0.2) is 0 Å². The third-order valence-corrected chi connectivity index (χ3v) is 22.9. The van der Waals surface area contributed by atoms with Gasteiger partial charge in [-0.2, -0.15) is 0 Å². The molecule has 10 atom stereocenters. The van der Waals surface area contributed by atoms with E-state index in [1.165, 1.54) is 83.6 Å². The van der Waals surface area contributed by atoms with Crippen molar-refractivity contribution in [2.45, 2.75) is 262 Å². The number of hydrogen-bond donors (Lipinski definition) is 4. The van der Waals surface area contributed by atoms with Gasteiger partial charge in [0.05, 0.1) is 26.1 Å². The van der Waals surface area contributed by atoms with E-state index < -0.39 is 151 Å². The lowest BCUT2D eigenvalue weighted by atomic mass is 9.79. The SMILES string of the molecule is CC[C@H](C)[C@@H]1NC(=O)[C@H](CC(C)C)N(C)C(=O)C[C@@H](C(=O)N2CCCCC2)N(C)C(=O)[C@H](CC(C)C)NC(=O)C(C)(C)N(C)C(=O)[C@H](CC2CCC(C)CC2)NC(=O)[C@H](CC2CCCC(I)C2)NC(=O)CN(C)C(=O)[C@H](CC2CCCCC2)N(C)C(=O)CN(C)C(=O)CN(C)C1=O. The summed E-state index contributed by atoms with van der Waals surface area (Å²) < 4.78 is 0.351. The first-order valence-electron chi connectivity index (χ1n) is 36.5. The Morgan fingerprint density at radius 3 is 1.67 bits per heavy atom. The smallest absolute Gasteiger partial charge is 0.246 e. The Morgan fingerprint density at radius 2 is 1.07 bits per heavy atom. The highest BCUT2D eigenvalue weighted by Crippen LogP contribution is 2.35. The number of piperidine rings is 1. The molecule has 2 aliphatic heterocycles. The minimum atomic E-state index is -1.66. The second-order valence-corrected chi connectivity index (χ2v) is 32.8. The van der Waals surface area contributed by atoms with Crippen molar-refractivity contribution < 1.29 is 57.5 Å². The topological polar surface area (TPSA) is 279 Å². The van der Waals surface area contributed by atoms with Crippen molar-refractivity contribution in [1.82, 2.24) is 60.5 Å². The molecule has 3 saturated carbocycles. The van der Waals surface area contributed by atoms with Gasteiger partial charge in [-0.25, -0.2) is 0 Å². The Balaban J connectivity index is 1.61. The van der Waals surface area contributed by atoms with Crippen molar-refractivity contribution in [3.8, 4) is 0 Å². The Morgan fingerprint density at radius 1 is 0.515 bits per heavy atom. The molecule has 2 heterocycles. The van der Waals surface area contributed by atoms with Gasteiger partial charge in [0.15, 0.2) is 0 Å². The van der Waals surface area contributed by atoms with Crippen LogP contribution >= 0.6 is 22.6 Å². The molecular weight excluding hydrogens is 1350 g/mol. The molecule has 3 aliphatic carbocycles. The Bertz CT molecular complexity index is 2710. The zero-order chi connectivity index (χ0) is 72.3. The third-order valence-electron chi connectivity index (χ3n) is 21.8. The van der Waals surface area contributed by atoms with Crippen molar-refractivity contribution in [2.24, 2.45) is 41.4 Å². The highest BCUT2D eigenvalue weighted by molar-refractivity contribution is 14.1. The Kier molecular flexibility index (Phi) is 32.4. The van der Waals surface area contributed by atoms with Gasteiger partial charge in [-0.15, -0.1) is 0 Å². The van der Waals surface area contributed by atoms with Crippen LogP contribution in [0.5, 0.6) is 0 Å². The van der Waals surface area contributed by atoms with E-state index in [1.807, 2.05) is 34.6 Å². The molecule has 550 valence electrons. The van der Waals surface area contributed by atoms with Crippen molar-refractivity contribution in [2.75, 3.05) is 82.1 Å². The molecule has 0 aromatic carbocycles. The van der Waals surface area contributed by atoms with Crippen LogP contribution in [0.3, 0.4) is 0 Å². The van der Waals surface area contributed by atoms with Gasteiger partial charge in [-0.05, 0) is 119 Å². The summed E-state index contributed by atoms with van der Waals surface area (Å²) in [6.45, 7) is 15.9. The average Bonchev–Trinajstić information content (AvgIpc) is 0.820. The number of nitrogens with one attached hydrogen (secondary N) is 4. The molecule has 12 amide bonds. The Labute approximate surface area is 593 Å². The number of likely N-dealkylation sites (N-methyl/N-ethyl adjacent to an activating group) is 7. The van der Waals surface area contributed by atoms with Crippen molar-refractivity contribution in [3.63, 3.8) is 0 Å². The summed E-state index contributed by atoms with van der Waals surface area (Å²) in [6, 6.07) is -8.24. The molecule has 2 unspecified atom stereocenters. The summed E-state index contributed by atoms with van der Waals surface area (Å²) in [5.74, 6) is -7.19.